The normalized spacial score (nSPS) is 18.1. The zero-order chi connectivity index (χ0) is 24.4. The Balaban J connectivity index is 1.38. The second-order valence-corrected chi connectivity index (χ2v) is 9.55. The van der Waals surface area contributed by atoms with Crippen molar-refractivity contribution in [2.75, 3.05) is 5.32 Å². The number of carbonyl (C=O) groups is 1. The molecule has 0 bridgehead atoms. The van der Waals surface area contributed by atoms with Gasteiger partial charge in [-0.15, -0.1) is 0 Å². The first kappa shape index (κ1) is 23.6. The van der Waals surface area contributed by atoms with E-state index >= 15 is 0 Å². The first-order valence-electron chi connectivity index (χ1n) is 11.6. The average Bonchev–Trinajstić information content (AvgIpc) is 3.32. The molecule has 3 aromatic rings. The molecule has 1 atom stereocenters. The number of hydrogen-bond donors (Lipinski definition) is 1. The Hall–Kier alpha value is -3.10. The maximum atomic E-state index is 13.3. The minimum absolute atomic E-state index is 0.0557. The summed E-state index contributed by atoms with van der Waals surface area (Å²) in [7, 11) is 0. The van der Waals surface area contributed by atoms with E-state index in [1.54, 1.807) is 22.9 Å². The molecule has 10 heteroatoms. The molecule has 0 amide bonds. The predicted molar refractivity (Wildman–Crippen MR) is 132 cm³/mol. The fraction of sp³-hybridized carbons (Fsp3) is 0.360. The number of aromatic nitrogens is 4. The van der Waals surface area contributed by atoms with Gasteiger partial charge in [-0.2, -0.15) is 4.68 Å². The van der Waals surface area contributed by atoms with Crippen LogP contribution in [0.3, 0.4) is 0 Å². The summed E-state index contributed by atoms with van der Waals surface area (Å²) >= 11 is 12.5. The van der Waals surface area contributed by atoms with Crippen LogP contribution in [0.15, 0.2) is 53.7 Å². The van der Waals surface area contributed by atoms with Gasteiger partial charge < -0.3 is 14.8 Å². The average molecular weight is 514 g/mol. The second-order valence-electron chi connectivity index (χ2n) is 8.74. The molecule has 0 saturated heterocycles. The number of carbonyl (C=O) groups excluding carboxylic acids is 1. The number of allylic oxidation sites excluding steroid dienone is 1. The molecule has 1 aliphatic heterocycles. The van der Waals surface area contributed by atoms with Crippen LogP contribution in [0.4, 0.5) is 5.95 Å². The van der Waals surface area contributed by atoms with Crippen LogP contribution in [0.25, 0.3) is 0 Å². The van der Waals surface area contributed by atoms with Gasteiger partial charge in [0.25, 0.3) is 0 Å². The van der Waals surface area contributed by atoms with Crippen molar-refractivity contribution in [3.63, 3.8) is 0 Å². The van der Waals surface area contributed by atoms with E-state index in [0.717, 1.165) is 36.8 Å². The molecular formula is C25H25Cl2N5O3. The van der Waals surface area contributed by atoms with Crippen molar-refractivity contribution in [2.24, 2.45) is 0 Å². The van der Waals surface area contributed by atoms with Gasteiger partial charge >= 0.3 is 5.97 Å². The standard InChI is InChI=1S/C25H25Cl2N5O3/c1-15-22(24(33)35-18-6-3-2-4-7-18)23(32-25(28-15)29-30-31-32)16-10-12-17(13-11-16)34-14-19-20(26)8-5-9-21(19)27/h5,8-13,18,23H,2-4,6-7,14H2,1H3,(H,28,29,31). The SMILES string of the molecule is CC1=C(C(=O)OC2CCCCC2)C(c2ccc(OCc3c(Cl)cccc3Cl)cc2)n2nnnc2N1. The molecule has 35 heavy (non-hydrogen) atoms. The van der Waals surface area contributed by atoms with E-state index in [-0.39, 0.29) is 18.7 Å². The lowest BCUT2D eigenvalue weighted by Gasteiger charge is -2.29. The van der Waals surface area contributed by atoms with E-state index in [1.807, 2.05) is 31.2 Å². The number of nitrogens with zero attached hydrogens (tertiary/aromatic N) is 4. The number of halogens is 2. The maximum absolute atomic E-state index is 13.3. The van der Waals surface area contributed by atoms with Gasteiger partial charge in [0, 0.05) is 21.3 Å². The lowest BCUT2D eigenvalue weighted by Crippen LogP contribution is -2.32. The van der Waals surface area contributed by atoms with Gasteiger partial charge in [0.2, 0.25) is 5.95 Å². The summed E-state index contributed by atoms with van der Waals surface area (Å²) < 4.78 is 13.4. The molecule has 0 spiro atoms. The Morgan fingerprint density at radius 3 is 2.51 bits per heavy atom. The molecule has 2 aliphatic rings. The Morgan fingerprint density at radius 2 is 1.80 bits per heavy atom. The Labute approximate surface area is 213 Å². The van der Waals surface area contributed by atoms with Crippen molar-refractivity contribution in [1.82, 2.24) is 20.2 Å². The quantitative estimate of drug-likeness (QED) is 0.421. The molecule has 8 nitrogen and oxygen atoms in total. The fourth-order valence-corrected chi connectivity index (χ4v) is 5.06. The number of hydrogen-bond acceptors (Lipinski definition) is 7. The highest BCUT2D eigenvalue weighted by atomic mass is 35.5. The van der Waals surface area contributed by atoms with Crippen LogP contribution in [0.2, 0.25) is 10.0 Å². The van der Waals surface area contributed by atoms with Gasteiger partial charge in [0.05, 0.1) is 5.57 Å². The van der Waals surface area contributed by atoms with Gasteiger partial charge in [0.15, 0.2) is 0 Å². The molecule has 2 aromatic carbocycles. The summed E-state index contributed by atoms with van der Waals surface area (Å²) in [6.45, 7) is 2.08. The molecule has 2 heterocycles. The molecule has 1 aliphatic carbocycles. The largest absolute Gasteiger partial charge is 0.489 e. The highest BCUT2D eigenvalue weighted by Gasteiger charge is 2.36. The smallest absolute Gasteiger partial charge is 0.338 e. The monoisotopic (exact) mass is 513 g/mol. The highest BCUT2D eigenvalue weighted by Crippen LogP contribution is 2.36. The molecule has 182 valence electrons. The molecule has 1 N–H and O–H groups in total. The molecule has 1 unspecified atom stereocenters. The number of anilines is 1. The Morgan fingerprint density at radius 1 is 1.09 bits per heavy atom. The lowest BCUT2D eigenvalue weighted by atomic mass is 9.95. The van der Waals surface area contributed by atoms with E-state index in [2.05, 4.69) is 20.8 Å². The van der Waals surface area contributed by atoms with Crippen molar-refractivity contribution >= 4 is 35.1 Å². The zero-order valence-electron chi connectivity index (χ0n) is 19.2. The van der Waals surface area contributed by atoms with Gasteiger partial charge in [-0.1, -0.05) is 52.9 Å². The van der Waals surface area contributed by atoms with Crippen LogP contribution in [0, 0.1) is 0 Å². The second kappa shape index (κ2) is 10.3. The van der Waals surface area contributed by atoms with E-state index in [0.29, 0.717) is 33.0 Å². The predicted octanol–water partition coefficient (Wildman–Crippen LogP) is 5.72. The third-order valence-electron chi connectivity index (χ3n) is 6.40. The molecule has 1 aromatic heterocycles. The highest BCUT2D eigenvalue weighted by molar-refractivity contribution is 6.35. The van der Waals surface area contributed by atoms with E-state index in [9.17, 15) is 4.79 Å². The van der Waals surface area contributed by atoms with Gasteiger partial charge in [-0.3, -0.25) is 0 Å². The van der Waals surface area contributed by atoms with E-state index in [4.69, 9.17) is 32.7 Å². The number of nitrogens with one attached hydrogen (secondary N) is 1. The molecule has 0 radical (unpaired) electrons. The number of tetrazole rings is 1. The lowest BCUT2D eigenvalue weighted by molar-refractivity contribution is -0.146. The summed E-state index contributed by atoms with van der Waals surface area (Å²) in [5.41, 5.74) is 2.72. The van der Waals surface area contributed by atoms with Gasteiger partial charge in [-0.05, 0) is 72.9 Å². The van der Waals surface area contributed by atoms with Crippen LogP contribution in [-0.4, -0.2) is 32.3 Å². The summed E-state index contributed by atoms with van der Waals surface area (Å²) in [6, 6.07) is 12.3. The van der Waals surface area contributed by atoms with E-state index < -0.39 is 6.04 Å². The summed E-state index contributed by atoms with van der Waals surface area (Å²) in [6.07, 6.45) is 5.08. The maximum Gasteiger partial charge on any atom is 0.338 e. The first-order valence-corrected chi connectivity index (χ1v) is 12.4. The molecular weight excluding hydrogens is 489 g/mol. The Bertz CT molecular complexity index is 1230. The van der Waals surface area contributed by atoms with E-state index in [1.165, 1.54) is 6.42 Å². The first-order chi connectivity index (χ1) is 17.0. The van der Waals surface area contributed by atoms with Crippen molar-refractivity contribution in [2.45, 2.75) is 57.8 Å². The number of ether oxygens (including phenoxy) is 2. The molecule has 1 saturated carbocycles. The van der Waals surface area contributed by atoms with Crippen LogP contribution in [0.1, 0.15) is 56.2 Å². The fourth-order valence-electron chi connectivity index (χ4n) is 4.55. The minimum atomic E-state index is -0.524. The number of rotatable bonds is 6. The number of benzene rings is 2. The number of fused-ring (bicyclic) bond motifs is 1. The van der Waals surface area contributed by atoms with Crippen molar-refractivity contribution in [3.05, 3.63) is 74.9 Å². The minimum Gasteiger partial charge on any atom is -0.489 e. The third kappa shape index (κ3) is 4.99. The van der Waals surface area contributed by atoms with Crippen LogP contribution in [-0.2, 0) is 16.1 Å². The van der Waals surface area contributed by atoms with Crippen molar-refractivity contribution in [3.8, 4) is 5.75 Å². The van der Waals surface area contributed by atoms with Gasteiger partial charge in [0.1, 0.15) is 24.5 Å². The summed E-state index contributed by atoms with van der Waals surface area (Å²) in [5, 5.41) is 16.2. The zero-order valence-corrected chi connectivity index (χ0v) is 20.7. The topological polar surface area (TPSA) is 91.2 Å². The summed E-state index contributed by atoms with van der Waals surface area (Å²) in [4.78, 5) is 13.3. The summed E-state index contributed by atoms with van der Waals surface area (Å²) in [5.74, 6) is 0.764. The van der Waals surface area contributed by atoms with Crippen LogP contribution >= 0.6 is 23.2 Å². The Kier molecular flexibility index (Phi) is 6.92. The van der Waals surface area contributed by atoms with Gasteiger partial charge in [-0.25, -0.2) is 4.79 Å². The van der Waals surface area contributed by atoms with Crippen molar-refractivity contribution < 1.29 is 14.3 Å². The van der Waals surface area contributed by atoms with Crippen LogP contribution < -0.4 is 10.1 Å². The molecule has 1 fully saturated rings. The number of esters is 1. The van der Waals surface area contributed by atoms with Crippen LogP contribution in [0.5, 0.6) is 5.75 Å². The third-order valence-corrected chi connectivity index (χ3v) is 7.11. The molecule has 5 rings (SSSR count). The van der Waals surface area contributed by atoms with Crippen molar-refractivity contribution in [1.29, 1.82) is 0 Å².